The third kappa shape index (κ3) is 7.33. The summed E-state index contributed by atoms with van der Waals surface area (Å²) in [5.74, 6) is -0.0592. The molecule has 1 aliphatic heterocycles. The van der Waals surface area contributed by atoms with Crippen molar-refractivity contribution in [1.29, 1.82) is 0 Å². The zero-order chi connectivity index (χ0) is 25.9. The van der Waals surface area contributed by atoms with Crippen molar-refractivity contribution in [2.75, 3.05) is 46.5 Å². The summed E-state index contributed by atoms with van der Waals surface area (Å²) >= 11 is 0. The molecule has 1 N–H and O–H groups in total. The van der Waals surface area contributed by atoms with E-state index in [1.165, 1.54) is 19.4 Å². The molecule has 198 valence electrons. The molecule has 0 bridgehead atoms. The molecule has 1 saturated heterocycles. The fraction of sp³-hybridized carbons (Fsp3) is 0.600. The van der Waals surface area contributed by atoms with E-state index in [4.69, 9.17) is 14.0 Å². The van der Waals surface area contributed by atoms with Gasteiger partial charge in [0.05, 0.1) is 32.1 Å². The van der Waals surface area contributed by atoms with Crippen molar-refractivity contribution < 1.29 is 33.1 Å². The summed E-state index contributed by atoms with van der Waals surface area (Å²) in [4.78, 5) is 26.5. The van der Waals surface area contributed by atoms with Crippen molar-refractivity contribution in [3.63, 3.8) is 0 Å². The average molecular weight is 505 g/mol. The van der Waals surface area contributed by atoms with E-state index in [1.54, 1.807) is 6.07 Å². The number of rotatable bonds is 14. The van der Waals surface area contributed by atoms with Crippen LogP contribution in [-0.2, 0) is 4.74 Å². The van der Waals surface area contributed by atoms with Gasteiger partial charge in [0.15, 0.2) is 5.75 Å². The number of amides is 1. The maximum Gasteiger partial charge on any atom is 0.376 e. The first kappa shape index (κ1) is 27.3. The zero-order valence-corrected chi connectivity index (χ0v) is 21.3. The van der Waals surface area contributed by atoms with Crippen LogP contribution in [0.3, 0.4) is 0 Å². The number of nitrogens with one attached hydrogen (secondary N) is 1. The minimum absolute atomic E-state index is 0.0402. The first-order valence-corrected chi connectivity index (χ1v) is 12.5. The van der Waals surface area contributed by atoms with Crippen LogP contribution in [0.1, 0.15) is 78.6 Å². The molecule has 3 heterocycles. The van der Waals surface area contributed by atoms with Crippen LogP contribution in [0.15, 0.2) is 22.9 Å². The Hall–Kier alpha value is -3.34. The van der Waals surface area contributed by atoms with Crippen molar-refractivity contribution in [3.8, 4) is 11.5 Å². The van der Waals surface area contributed by atoms with Crippen molar-refractivity contribution in [2.45, 2.75) is 51.9 Å². The average Bonchev–Trinajstić information content (AvgIpc) is 3.55. The lowest BCUT2D eigenvalue weighted by molar-refractivity contribution is -0.608. The third-order valence-electron chi connectivity index (χ3n) is 6.05. The monoisotopic (exact) mass is 504 g/mol. The smallest absolute Gasteiger partial charge is 0.376 e. The lowest BCUT2D eigenvalue weighted by Crippen LogP contribution is -2.41. The van der Waals surface area contributed by atoms with E-state index >= 15 is 0 Å². The molecule has 3 rings (SSSR count). The number of likely N-dealkylation sites (tertiary alicyclic amines) is 1. The molecule has 0 spiro atoms. The second-order valence-corrected chi connectivity index (χ2v) is 8.77. The Morgan fingerprint density at radius 2 is 1.92 bits per heavy atom. The molecule has 36 heavy (non-hydrogen) atoms. The van der Waals surface area contributed by atoms with Crippen LogP contribution in [0.5, 0.6) is 11.5 Å². The second kappa shape index (κ2) is 13.7. The number of unbranched alkanes of at least 4 members (excludes halogenated alkanes) is 2. The SMILES string of the molecule is CCCCOc1cc(C(=O)NCCN2CC[C@@H](c3cc(C(=O)OC)on3)C2)[n+]([O-])cc1OCCCC. The van der Waals surface area contributed by atoms with Crippen molar-refractivity contribution in [3.05, 3.63) is 40.7 Å². The Balaban J connectivity index is 1.54. The minimum Gasteiger partial charge on any atom is -0.618 e. The molecule has 0 saturated carbocycles. The van der Waals surface area contributed by atoms with E-state index in [9.17, 15) is 14.8 Å². The van der Waals surface area contributed by atoms with Gasteiger partial charge in [0, 0.05) is 31.6 Å². The predicted octanol–water partition coefficient (Wildman–Crippen LogP) is 2.67. The largest absolute Gasteiger partial charge is 0.618 e. The molecule has 1 aliphatic rings. The van der Waals surface area contributed by atoms with E-state index in [2.05, 4.69) is 34.0 Å². The molecule has 11 nitrogen and oxygen atoms in total. The van der Waals surface area contributed by atoms with E-state index in [0.29, 0.717) is 48.2 Å². The number of nitrogens with zero attached hydrogens (tertiary/aromatic N) is 3. The first-order chi connectivity index (χ1) is 17.5. The number of carbonyl (C=O) groups excluding carboxylic acids is 2. The predicted molar refractivity (Wildman–Crippen MR) is 130 cm³/mol. The van der Waals surface area contributed by atoms with Crippen molar-refractivity contribution >= 4 is 11.9 Å². The van der Waals surface area contributed by atoms with Gasteiger partial charge in [-0.15, -0.1) is 0 Å². The number of aromatic nitrogens is 2. The van der Waals surface area contributed by atoms with Gasteiger partial charge in [0.25, 0.3) is 5.69 Å². The van der Waals surface area contributed by atoms with Crippen molar-refractivity contribution in [1.82, 2.24) is 15.4 Å². The number of carbonyl (C=O) groups is 2. The highest BCUT2D eigenvalue weighted by Gasteiger charge is 2.28. The first-order valence-electron chi connectivity index (χ1n) is 12.5. The topological polar surface area (TPSA) is 130 Å². The molecular weight excluding hydrogens is 468 g/mol. The molecule has 0 aromatic carbocycles. The molecule has 1 atom stereocenters. The second-order valence-electron chi connectivity index (χ2n) is 8.77. The molecule has 11 heteroatoms. The van der Waals surface area contributed by atoms with Crippen LogP contribution in [-0.4, -0.2) is 68.4 Å². The summed E-state index contributed by atoms with van der Waals surface area (Å²) in [6.07, 6.45) is 5.77. The number of ether oxygens (including phenoxy) is 3. The van der Waals surface area contributed by atoms with Crippen LogP contribution in [0.25, 0.3) is 0 Å². The number of hydrogen-bond donors (Lipinski definition) is 1. The quantitative estimate of drug-likeness (QED) is 0.179. The third-order valence-corrected chi connectivity index (χ3v) is 6.05. The van der Waals surface area contributed by atoms with Crippen LogP contribution in [0.4, 0.5) is 0 Å². The summed E-state index contributed by atoms with van der Waals surface area (Å²) in [5, 5.41) is 19.4. The number of hydrogen-bond acceptors (Lipinski definition) is 9. The zero-order valence-electron chi connectivity index (χ0n) is 21.3. The van der Waals surface area contributed by atoms with Crippen LogP contribution in [0.2, 0.25) is 0 Å². The highest BCUT2D eigenvalue weighted by molar-refractivity contribution is 5.91. The van der Waals surface area contributed by atoms with Gasteiger partial charge >= 0.3 is 11.9 Å². The Morgan fingerprint density at radius 3 is 2.61 bits per heavy atom. The normalized spacial score (nSPS) is 15.6. The van der Waals surface area contributed by atoms with E-state index in [-0.39, 0.29) is 17.4 Å². The lowest BCUT2D eigenvalue weighted by Gasteiger charge is -2.16. The molecule has 2 aromatic rings. The van der Waals surface area contributed by atoms with E-state index in [1.807, 2.05) is 0 Å². The summed E-state index contributed by atoms with van der Waals surface area (Å²) < 4.78 is 21.8. The molecular formula is C25H36N4O7. The molecule has 0 unspecified atom stereocenters. The fourth-order valence-electron chi connectivity index (χ4n) is 3.91. The van der Waals surface area contributed by atoms with Gasteiger partial charge in [0.1, 0.15) is 0 Å². The molecule has 0 radical (unpaired) electrons. The van der Waals surface area contributed by atoms with E-state index < -0.39 is 11.9 Å². The highest BCUT2D eigenvalue weighted by Crippen LogP contribution is 2.28. The Morgan fingerprint density at radius 1 is 1.19 bits per heavy atom. The van der Waals surface area contributed by atoms with Gasteiger partial charge in [-0.1, -0.05) is 31.8 Å². The van der Waals surface area contributed by atoms with Gasteiger partial charge in [-0.3, -0.25) is 4.79 Å². The molecule has 1 amide bonds. The van der Waals surface area contributed by atoms with Gasteiger partial charge < -0.3 is 34.2 Å². The Kier molecular flexibility index (Phi) is 10.3. The molecule has 1 fully saturated rings. The van der Waals surface area contributed by atoms with Gasteiger partial charge in [-0.2, -0.15) is 4.73 Å². The van der Waals surface area contributed by atoms with Crippen LogP contribution in [0, 0.1) is 5.21 Å². The Bertz CT molecular complexity index is 1010. The number of methoxy groups -OCH3 is 1. The standard InChI is InChI=1S/C25H36N4O7/c1-4-6-12-34-21-15-20(29(32)17-23(21)35-13-7-5-2)24(30)26-9-11-28-10-8-18(16-28)19-14-22(36-27-19)25(31)33-3/h14-15,17-18H,4-13,16H2,1-3H3,(H,26,30)/t18-/m1/s1. The number of esters is 1. The summed E-state index contributed by atoms with van der Waals surface area (Å²) in [5.41, 5.74) is 0.674. The lowest BCUT2D eigenvalue weighted by atomic mass is 10.1. The maximum absolute atomic E-state index is 12.8. The highest BCUT2D eigenvalue weighted by atomic mass is 16.6. The maximum atomic E-state index is 12.8. The Labute approximate surface area is 211 Å². The van der Waals surface area contributed by atoms with Gasteiger partial charge in [-0.05, 0) is 25.8 Å². The summed E-state index contributed by atoms with van der Waals surface area (Å²) in [7, 11) is 1.29. The summed E-state index contributed by atoms with van der Waals surface area (Å²) in [6, 6.07) is 3.07. The van der Waals surface area contributed by atoms with Gasteiger partial charge in [0.2, 0.25) is 17.7 Å². The van der Waals surface area contributed by atoms with Crippen LogP contribution >= 0.6 is 0 Å². The fourth-order valence-corrected chi connectivity index (χ4v) is 3.91. The van der Waals surface area contributed by atoms with E-state index in [0.717, 1.165) is 45.2 Å². The minimum atomic E-state index is -0.554. The van der Waals surface area contributed by atoms with Crippen molar-refractivity contribution in [2.24, 2.45) is 0 Å². The number of pyridine rings is 1. The molecule has 2 aromatic heterocycles. The van der Waals surface area contributed by atoms with Gasteiger partial charge in [-0.25, -0.2) is 4.79 Å². The van der Waals surface area contributed by atoms with Crippen LogP contribution < -0.4 is 19.5 Å². The summed E-state index contributed by atoms with van der Waals surface area (Å²) in [6.45, 7) is 7.60. The molecule has 0 aliphatic carbocycles.